The Kier molecular flexibility index (Phi) is 4.52. The Bertz CT molecular complexity index is 197. The maximum absolute atomic E-state index is 9.71. The Morgan fingerprint density at radius 1 is 1.60 bits per heavy atom. The molecule has 1 aliphatic heterocycles. The third kappa shape index (κ3) is 4.47. The van der Waals surface area contributed by atoms with Crippen LogP contribution in [0.15, 0.2) is 0 Å². The molecule has 15 heavy (non-hydrogen) atoms. The molecule has 0 bridgehead atoms. The highest BCUT2D eigenvalue weighted by atomic mass is 16.5. The first-order chi connectivity index (χ1) is 6.93. The summed E-state index contributed by atoms with van der Waals surface area (Å²) in [5.74, 6) is 0. The van der Waals surface area contributed by atoms with E-state index < -0.39 is 0 Å². The van der Waals surface area contributed by atoms with E-state index in [0.29, 0.717) is 6.54 Å². The van der Waals surface area contributed by atoms with E-state index in [0.717, 1.165) is 19.6 Å². The maximum atomic E-state index is 9.71. The van der Waals surface area contributed by atoms with Crippen molar-refractivity contribution < 1.29 is 9.84 Å². The van der Waals surface area contributed by atoms with E-state index in [2.05, 4.69) is 31.0 Å². The molecule has 0 spiro atoms. The quantitative estimate of drug-likeness (QED) is 0.698. The molecular weight excluding hydrogens is 192 g/mol. The number of nitrogens with one attached hydrogen (secondary N) is 1. The van der Waals surface area contributed by atoms with Crippen molar-refractivity contribution in [2.75, 3.05) is 33.2 Å². The zero-order chi connectivity index (χ0) is 11.5. The number of nitrogens with zero attached hydrogens (tertiary/aromatic N) is 1. The van der Waals surface area contributed by atoms with Gasteiger partial charge >= 0.3 is 0 Å². The van der Waals surface area contributed by atoms with Crippen molar-refractivity contribution in [2.45, 2.75) is 38.6 Å². The maximum Gasteiger partial charge on any atom is 0.0791 e. The summed E-state index contributed by atoms with van der Waals surface area (Å²) in [4.78, 5) is 2.27. The Balaban J connectivity index is 2.41. The fourth-order valence-corrected chi connectivity index (χ4v) is 2.32. The summed E-state index contributed by atoms with van der Waals surface area (Å²) < 4.78 is 5.81. The van der Waals surface area contributed by atoms with Gasteiger partial charge < -0.3 is 15.2 Å². The average molecular weight is 216 g/mol. The molecule has 0 aliphatic carbocycles. The summed E-state index contributed by atoms with van der Waals surface area (Å²) in [5.41, 5.74) is -0.100. The molecule has 2 unspecified atom stereocenters. The van der Waals surface area contributed by atoms with E-state index in [9.17, 15) is 5.11 Å². The van der Waals surface area contributed by atoms with Crippen LogP contribution < -0.4 is 5.32 Å². The number of hydrogen-bond acceptors (Lipinski definition) is 4. The molecule has 1 aliphatic rings. The first-order valence-electron chi connectivity index (χ1n) is 5.66. The number of morpholine rings is 1. The van der Waals surface area contributed by atoms with Gasteiger partial charge in [0.2, 0.25) is 0 Å². The Hall–Kier alpha value is -0.160. The van der Waals surface area contributed by atoms with Crippen LogP contribution >= 0.6 is 0 Å². The predicted molar refractivity (Wildman–Crippen MR) is 61.0 cm³/mol. The van der Waals surface area contributed by atoms with Gasteiger partial charge in [-0.25, -0.2) is 0 Å². The molecule has 0 aromatic carbocycles. The average Bonchev–Trinajstić information content (AvgIpc) is 1.99. The summed E-state index contributed by atoms with van der Waals surface area (Å²) >= 11 is 0. The van der Waals surface area contributed by atoms with Crippen molar-refractivity contribution >= 4 is 0 Å². The lowest BCUT2D eigenvalue weighted by Crippen LogP contribution is -2.54. The molecule has 0 amide bonds. The lowest BCUT2D eigenvalue weighted by molar-refractivity contribution is -0.133. The van der Waals surface area contributed by atoms with Crippen LogP contribution in [0.4, 0.5) is 0 Å². The summed E-state index contributed by atoms with van der Waals surface area (Å²) in [6, 6.07) is 0. The van der Waals surface area contributed by atoms with Crippen LogP contribution in [0.2, 0.25) is 0 Å². The van der Waals surface area contributed by atoms with Crippen molar-refractivity contribution in [3.05, 3.63) is 0 Å². The SMILES string of the molecule is CNCC(O)CN1CC(C)OC(C)(C)C1. The van der Waals surface area contributed by atoms with Crippen LogP contribution in [0.3, 0.4) is 0 Å². The fourth-order valence-electron chi connectivity index (χ4n) is 2.32. The van der Waals surface area contributed by atoms with Crippen LogP contribution in [0.5, 0.6) is 0 Å². The van der Waals surface area contributed by atoms with E-state index in [4.69, 9.17) is 4.74 Å². The summed E-state index contributed by atoms with van der Waals surface area (Å²) in [6.45, 7) is 9.44. The minimum absolute atomic E-state index is 0.100. The van der Waals surface area contributed by atoms with Gasteiger partial charge in [-0.1, -0.05) is 0 Å². The zero-order valence-corrected chi connectivity index (χ0v) is 10.3. The summed E-state index contributed by atoms with van der Waals surface area (Å²) in [7, 11) is 1.86. The molecule has 1 heterocycles. The minimum atomic E-state index is -0.295. The highest BCUT2D eigenvalue weighted by Crippen LogP contribution is 2.20. The first-order valence-corrected chi connectivity index (χ1v) is 5.66. The van der Waals surface area contributed by atoms with Gasteiger partial charge in [0.15, 0.2) is 0 Å². The van der Waals surface area contributed by atoms with Crippen LogP contribution in [0.1, 0.15) is 20.8 Å². The van der Waals surface area contributed by atoms with Gasteiger partial charge in [0.1, 0.15) is 0 Å². The monoisotopic (exact) mass is 216 g/mol. The Morgan fingerprint density at radius 3 is 2.80 bits per heavy atom. The van der Waals surface area contributed by atoms with Crippen molar-refractivity contribution in [3.63, 3.8) is 0 Å². The predicted octanol–water partition coefficient (Wildman–Crippen LogP) is 0.0660. The Morgan fingerprint density at radius 2 is 2.27 bits per heavy atom. The minimum Gasteiger partial charge on any atom is -0.390 e. The molecule has 0 radical (unpaired) electrons. The fraction of sp³-hybridized carbons (Fsp3) is 1.00. The van der Waals surface area contributed by atoms with E-state index in [1.165, 1.54) is 0 Å². The number of ether oxygens (including phenoxy) is 1. The zero-order valence-electron chi connectivity index (χ0n) is 10.3. The second-order valence-corrected chi connectivity index (χ2v) is 5.09. The lowest BCUT2D eigenvalue weighted by Gasteiger charge is -2.42. The van der Waals surface area contributed by atoms with Gasteiger partial charge in [-0.05, 0) is 27.8 Å². The van der Waals surface area contributed by atoms with Gasteiger partial charge in [0, 0.05) is 26.2 Å². The third-order valence-electron chi connectivity index (χ3n) is 2.55. The molecule has 2 atom stereocenters. The largest absolute Gasteiger partial charge is 0.390 e. The third-order valence-corrected chi connectivity index (χ3v) is 2.55. The molecule has 1 fully saturated rings. The second kappa shape index (κ2) is 5.25. The summed E-state index contributed by atoms with van der Waals surface area (Å²) in [5, 5.41) is 12.7. The van der Waals surface area contributed by atoms with Crippen LogP contribution in [-0.2, 0) is 4.74 Å². The molecule has 90 valence electrons. The van der Waals surface area contributed by atoms with Crippen LogP contribution in [0, 0.1) is 0 Å². The molecule has 0 saturated carbocycles. The number of hydrogen-bond donors (Lipinski definition) is 2. The molecular formula is C11H24N2O2. The first kappa shape index (κ1) is 12.9. The van der Waals surface area contributed by atoms with Gasteiger partial charge in [-0.3, -0.25) is 4.90 Å². The standard InChI is InChI=1S/C11H24N2O2/c1-9-6-13(7-10(14)5-12-4)8-11(2,3)15-9/h9-10,12,14H,5-8H2,1-4H3. The molecule has 4 heteroatoms. The molecule has 0 aromatic heterocycles. The van der Waals surface area contributed by atoms with Gasteiger partial charge in [0.25, 0.3) is 0 Å². The Labute approximate surface area is 92.6 Å². The van der Waals surface area contributed by atoms with Crippen molar-refractivity contribution in [2.24, 2.45) is 0 Å². The van der Waals surface area contributed by atoms with Crippen LogP contribution in [-0.4, -0.2) is 61.0 Å². The molecule has 1 rings (SSSR count). The van der Waals surface area contributed by atoms with Crippen molar-refractivity contribution in [1.29, 1.82) is 0 Å². The lowest BCUT2D eigenvalue weighted by atomic mass is 10.1. The van der Waals surface area contributed by atoms with Gasteiger partial charge in [0.05, 0.1) is 17.8 Å². The molecule has 4 nitrogen and oxygen atoms in total. The van der Waals surface area contributed by atoms with Gasteiger partial charge in [-0.2, -0.15) is 0 Å². The molecule has 0 aromatic rings. The topological polar surface area (TPSA) is 44.7 Å². The number of likely N-dealkylation sites (N-methyl/N-ethyl adjacent to an activating group) is 1. The van der Waals surface area contributed by atoms with Gasteiger partial charge in [-0.15, -0.1) is 0 Å². The van der Waals surface area contributed by atoms with Crippen molar-refractivity contribution in [1.82, 2.24) is 10.2 Å². The van der Waals surface area contributed by atoms with E-state index in [1.54, 1.807) is 0 Å². The second-order valence-electron chi connectivity index (χ2n) is 5.09. The van der Waals surface area contributed by atoms with E-state index in [1.807, 2.05) is 7.05 Å². The highest BCUT2D eigenvalue weighted by molar-refractivity contribution is 4.83. The number of aliphatic hydroxyl groups excluding tert-OH is 1. The normalized spacial score (nSPS) is 29.0. The molecule has 2 N–H and O–H groups in total. The highest BCUT2D eigenvalue weighted by Gasteiger charge is 2.31. The van der Waals surface area contributed by atoms with Crippen molar-refractivity contribution in [3.8, 4) is 0 Å². The van der Waals surface area contributed by atoms with Crippen LogP contribution in [0.25, 0.3) is 0 Å². The smallest absolute Gasteiger partial charge is 0.0791 e. The van der Waals surface area contributed by atoms with E-state index >= 15 is 0 Å². The number of β-amino-alcohol motifs (C(OH)–C–C–N with tert-alkyl or cyclic N) is 1. The number of rotatable bonds is 4. The summed E-state index contributed by atoms with van der Waals surface area (Å²) in [6.07, 6.45) is -0.0494. The van der Waals surface area contributed by atoms with E-state index in [-0.39, 0.29) is 17.8 Å². The molecule has 1 saturated heterocycles. The number of aliphatic hydroxyl groups is 1.